The monoisotopic (exact) mass is 343 g/mol. The fourth-order valence-electron chi connectivity index (χ4n) is 2.21. The van der Waals surface area contributed by atoms with Crippen LogP contribution in [0.1, 0.15) is 16.1 Å². The van der Waals surface area contributed by atoms with E-state index >= 15 is 0 Å². The third-order valence-electron chi connectivity index (χ3n) is 3.41. The number of anilines is 2. The molecule has 3 aromatic rings. The van der Waals surface area contributed by atoms with Gasteiger partial charge in [-0.1, -0.05) is 22.0 Å². The fourth-order valence-corrected chi connectivity index (χ4v) is 2.57. The molecule has 0 saturated heterocycles. The molecule has 0 aliphatic heterocycles. The summed E-state index contributed by atoms with van der Waals surface area (Å²) in [5.74, 6) is -0.175. The Bertz CT molecular complexity index is 839. The number of benzene rings is 2. The molecular formula is C16H14BrN3O. The quantitative estimate of drug-likeness (QED) is 0.613. The molecule has 0 radical (unpaired) electrons. The fraction of sp³-hybridized carbons (Fsp3) is 0.0625. The van der Waals surface area contributed by atoms with Gasteiger partial charge >= 0.3 is 0 Å². The number of H-pyrrole nitrogens is 1. The smallest absolute Gasteiger partial charge is 0.272 e. The summed E-state index contributed by atoms with van der Waals surface area (Å²) in [7, 11) is 0. The van der Waals surface area contributed by atoms with E-state index in [9.17, 15) is 4.79 Å². The zero-order valence-corrected chi connectivity index (χ0v) is 13.0. The summed E-state index contributed by atoms with van der Waals surface area (Å²) >= 11 is 3.46. The van der Waals surface area contributed by atoms with Crippen LogP contribution in [0.2, 0.25) is 0 Å². The van der Waals surface area contributed by atoms with Crippen molar-refractivity contribution in [2.75, 3.05) is 11.1 Å². The Kier molecular flexibility index (Phi) is 3.43. The molecule has 0 saturated carbocycles. The van der Waals surface area contributed by atoms with Gasteiger partial charge in [0.25, 0.3) is 5.91 Å². The molecule has 2 aromatic carbocycles. The van der Waals surface area contributed by atoms with Crippen LogP contribution in [0.25, 0.3) is 10.9 Å². The number of carbonyl (C=O) groups excluding carboxylic acids is 1. The Morgan fingerprint density at radius 1 is 1.24 bits per heavy atom. The van der Waals surface area contributed by atoms with Crippen molar-refractivity contribution in [3.8, 4) is 0 Å². The summed E-state index contributed by atoms with van der Waals surface area (Å²) in [5, 5.41) is 3.83. The van der Waals surface area contributed by atoms with Crippen LogP contribution in [0.3, 0.4) is 0 Å². The van der Waals surface area contributed by atoms with Crippen LogP contribution >= 0.6 is 15.9 Å². The van der Waals surface area contributed by atoms with Crippen molar-refractivity contribution in [1.82, 2.24) is 4.98 Å². The van der Waals surface area contributed by atoms with Crippen molar-refractivity contribution in [3.63, 3.8) is 0 Å². The summed E-state index contributed by atoms with van der Waals surface area (Å²) in [6, 6.07) is 13.0. The van der Waals surface area contributed by atoms with Gasteiger partial charge in [0, 0.05) is 26.8 Å². The molecule has 4 N–H and O–H groups in total. The van der Waals surface area contributed by atoms with Crippen LogP contribution in [0.15, 0.2) is 46.9 Å². The first-order valence-electron chi connectivity index (χ1n) is 6.49. The number of aromatic nitrogens is 1. The lowest BCUT2D eigenvalue weighted by molar-refractivity contribution is 0.102. The zero-order chi connectivity index (χ0) is 15.0. The molecule has 21 heavy (non-hydrogen) atoms. The second-order valence-electron chi connectivity index (χ2n) is 4.90. The Morgan fingerprint density at radius 2 is 2.05 bits per heavy atom. The molecule has 0 fully saturated rings. The standard InChI is InChI=1S/C16H14BrN3O/c1-9-12(17)3-2-4-13(9)20-16(21)15-8-10-7-11(18)5-6-14(10)19-15/h2-8,19H,18H2,1H3,(H,20,21). The molecule has 106 valence electrons. The van der Waals surface area contributed by atoms with Crippen molar-refractivity contribution in [2.24, 2.45) is 0 Å². The van der Waals surface area contributed by atoms with Gasteiger partial charge in [0.1, 0.15) is 5.69 Å². The number of halogens is 1. The molecule has 0 unspecified atom stereocenters. The van der Waals surface area contributed by atoms with E-state index < -0.39 is 0 Å². The molecule has 3 rings (SSSR count). The first-order valence-corrected chi connectivity index (χ1v) is 7.28. The Balaban J connectivity index is 1.91. The van der Waals surface area contributed by atoms with Crippen molar-refractivity contribution in [3.05, 3.63) is 58.2 Å². The number of nitrogen functional groups attached to an aromatic ring is 1. The van der Waals surface area contributed by atoms with Crippen LogP contribution in [-0.4, -0.2) is 10.9 Å². The predicted molar refractivity (Wildman–Crippen MR) is 89.5 cm³/mol. The van der Waals surface area contributed by atoms with Crippen molar-refractivity contribution >= 4 is 44.1 Å². The highest BCUT2D eigenvalue weighted by Crippen LogP contribution is 2.24. The first kappa shape index (κ1) is 13.7. The summed E-state index contributed by atoms with van der Waals surface area (Å²) in [5.41, 5.74) is 9.60. The SMILES string of the molecule is Cc1c(Br)cccc1NC(=O)c1cc2cc(N)ccc2[nH]1. The molecule has 0 atom stereocenters. The number of aromatic amines is 1. The Morgan fingerprint density at radius 3 is 2.86 bits per heavy atom. The van der Waals surface area contributed by atoms with Crippen molar-refractivity contribution < 1.29 is 4.79 Å². The number of nitrogens with two attached hydrogens (primary N) is 1. The van der Waals surface area contributed by atoms with Crippen LogP contribution in [0.5, 0.6) is 0 Å². The molecule has 1 heterocycles. The second kappa shape index (κ2) is 5.26. The van der Waals surface area contributed by atoms with Crippen LogP contribution in [0.4, 0.5) is 11.4 Å². The lowest BCUT2D eigenvalue weighted by Gasteiger charge is -2.08. The number of carbonyl (C=O) groups is 1. The van der Waals surface area contributed by atoms with Crippen molar-refractivity contribution in [1.29, 1.82) is 0 Å². The zero-order valence-electron chi connectivity index (χ0n) is 11.4. The molecule has 1 amide bonds. The average molecular weight is 344 g/mol. The lowest BCUT2D eigenvalue weighted by Crippen LogP contribution is -2.13. The van der Waals surface area contributed by atoms with Gasteiger partial charge in [0.15, 0.2) is 0 Å². The molecule has 0 aliphatic rings. The van der Waals surface area contributed by atoms with Crippen molar-refractivity contribution in [2.45, 2.75) is 6.92 Å². The normalized spacial score (nSPS) is 10.8. The summed E-state index contributed by atoms with van der Waals surface area (Å²) < 4.78 is 0.963. The van der Waals surface area contributed by atoms with E-state index in [2.05, 4.69) is 26.2 Å². The number of nitrogens with one attached hydrogen (secondary N) is 2. The number of fused-ring (bicyclic) bond motifs is 1. The molecule has 4 nitrogen and oxygen atoms in total. The van der Waals surface area contributed by atoms with Gasteiger partial charge in [-0.25, -0.2) is 0 Å². The van der Waals surface area contributed by atoms with Gasteiger partial charge in [-0.15, -0.1) is 0 Å². The molecule has 5 heteroatoms. The maximum Gasteiger partial charge on any atom is 0.272 e. The van der Waals surface area contributed by atoms with Gasteiger partial charge in [0.2, 0.25) is 0 Å². The molecule has 1 aromatic heterocycles. The minimum Gasteiger partial charge on any atom is -0.399 e. The van der Waals surface area contributed by atoms with Crippen LogP contribution < -0.4 is 11.1 Å². The lowest BCUT2D eigenvalue weighted by atomic mass is 10.2. The van der Waals surface area contributed by atoms with Crippen LogP contribution in [0, 0.1) is 6.92 Å². The maximum atomic E-state index is 12.3. The van der Waals surface area contributed by atoms with Gasteiger partial charge in [-0.05, 0) is 48.9 Å². The second-order valence-corrected chi connectivity index (χ2v) is 5.75. The highest BCUT2D eigenvalue weighted by molar-refractivity contribution is 9.10. The molecule has 0 bridgehead atoms. The minimum absolute atomic E-state index is 0.175. The van der Waals surface area contributed by atoms with E-state index in [1.165, 1.54) is 0 Å². The largest absolute Gasteiger partial charge is 0.399 e. The van der Waals surface area contributed by atoms with E-state index in [1.807, 2.05) is 37.3 Å². The topological polar surface area (TPSA) is 70.9 Å². The summed E-state index contributed by atoms with van der Waals surface area (Å²) in [4.78, 5) is 15.4. The predicted octanol–water partition coefficient (Wildman–Crippen LogP) is 4.07. The highest BCUT2D eigenvalue weighted by atomic mass is 79.9. The van der Waals surface area contributed by atoms with Gasteiger partial charge in [-0.3, -0.25) is 4.79 Å². The molecule has 0 aliphatic carbocycles. The number of amides is 1. The molecular weight excluding hydrogens is 330 g/mol. The third-order valence-corrected chi connectivity index (χ3v) is 4.26. The first-order chi connectivity index (χ1) is 10.0. The van der Waals surface area contributed by atoms with E-state index in [0.29, 0.717) is 11.4 Å². The average Bonchev–Trinajstić information content (AvgIpc) is 2.87. The Hall–Kier alpha value is -2.27. The highest BCUT2D eigenvalue weighted by Gasteiger charge is 2.11. The number of hydrogen-bond acceptors (Lipinski definition) is 2. The number of hydrogen-bond donors (Lipinski definition) is 3. The summed E-state index contributed by atoms with van der Waals surface area (Å²) in [6.07, 6.45) is 0. The van der Waals surface area contributed by atoms with Gasteiger partial charge in [0.05, 0.1) is 0 Å². The maximum absolute atomic E-state index is 12.3. The minimum atomic E-state index is -0.175. The molecule has 0 spiro atoms. The summed E-state index contributed by atoms with van der Waals surface area (Å²) in [6.45, 7) is 1.95. The Labute approximate surface area is 130 Å². The third kappa shape index (κ3) is 2.64. The van der Waals surface area contributed by atoms with E-state index in [1.54, 1.807) is 12.1 Å². The van der Waals surface area contributed by atoms with Gasteiger partial charge in [-0.2, -0.15) is 0 Å². The van der Waals surface area contributed by atoms with E-state index in [-0.39, 0.29) is 5.91 Å². The van der Waals surface area contributed by atoms with Crippen LogP contribution in [-0.2, 0) is 0 Å². The van der Waals surface area contributed by atoms with E-state index in [4.69, 9.17) is 5.73 Å². The number of rotatable bonds is 2. The van der Waals surface area contributed by atoms with Gasteiger partial charge < -0.3 is 16.0 Å². The van der Waals surface area contributed by atoms with E-state index in [0.717, 1.165) is 26.6 Å².